The van der Waals surface area contributed by atoms with Crippen LogP contribution in [-0.2, 0) is 4.74 Å². The van der Waals surface area contributed by atoms with Gasteiger partial charge in [0.05, 0.1) is 12.0 Å². The number of thiophene rings is 1. The molecule has 0 aliphatic heterocycles. The van der Waals surface area contributed by atoms with Crippen molar-refractivity contribution in [2.45, 2.75) is 20.3 Å². The molecule has 102 valence electrons. The number of fused-ring (bicyclic) bond motifs is 1. The molecule has 0 atom stereocenters. The number of esters is 1. The van der Waals surface area contributed by atoms with E-state index in [1.807, 2.05) is 13.8 Å². The van der Waals surface area contributed by atoms with E-state index in [9.17, 15) is 4.79 Å². The SMILES string of the molecule is CCCOC(=O)c1sc2nc(NC)nc(Cl)c2c1C. The average molecular weight is 300 g/mol. The van der Waals surface area contributed by atoms with Crippen LogP contribution in [0.4, 0.5) is 5.95 Å². The molecule has 0 bridgehead atoms. The second-order valence-electron chi connectivity index (χ2n) is 3.96. The maximum Gasteiger partial charge on any atom is 0.348 e. The molecule has 0 unspecified atom stereocenters. The number of aromatic nitrogens is 2. The van der Waals surface area contributed by atoms with Gasteiger partial charge in [-0.15, -0.1) is 11.3 Å². The van der Waals surface area contributed by atoms with E-state index in [4.69, 9.17) is 16.3 Å². The standard InChI is InChI=1S/C12H14ClN3O2S/c1-4-5-18-11(17)8-6(2)7-9(13)15-12(14-3)16-10(7)19-8/h4-5H2,1-3H3,(H,14,15,16). The molecule has 0 fully saturated rings. The van der Waals surface area contributed by atoms with E-state index in [1.54, 1.807) is 7.05 Å². The summed E-state index contributed by atoms with van der Waals surface area (Å²) in [7, 11) is 1.72. The predicted molar refractivity (Wildman–Crippen MR) is 77.3 cm³/mol. The molecule has 2 aromatic rings. The summed E-state index contributed by atoms with van der Waals surface area (Å²) in [5.74, 6) is 0.108. The van der Waals surface area contributed by atoms with Gasteiger partial charge in [-0.25, -0.2) is 14.8 Å². The van der Waals surface area contributed by atoms with Crippen LogP contribution in [0.2, 0.25) is 5.15 Å². The molecule has 19 heavy (non-hydrogen) atoms. The van der Waals surface area contributed by atoms with Gasteiger partial charge >= 0.3 is 5.97 Å². The quantitative estimate of drug-likeness (QED) is 0.693. The van der Waals surface area contributed by atoms with Crippen molar-refractivity contribution in [1.82, 2.24) is 9.97 Å². The average Bonchev–Trinajstić information content (AvgIpc) is 2.73. The summed E-state index contributed by atoms with van der Waals surface area (Å²) < 4.78 is 5.15. The molecule has 0 aromatic carbocycles. The van der Waals surface area contributed by atoms with Gasteiger partial charge in [0.2, 0.25) is 5.95 Å². The summed E-state index contributed by atoms with van der Waals surface area (Å²) in [4.78, 5) is 21.6. The van der Waals surface area contributed by atoms with Crippen LogP contribution < -0.4 is 5.32 Å². The Bertz CT molecular complexity index is 627. The summed E-state index contributed by atoms with van der Waals surface area (Å²) in [5.41, 5.74) is 0.772. The number of ether oxygens (including phenoxy) is 1. The van der Waals surface area contributed by atoms with Crippen molar-refractivity contribution in [2.24, 2.45) is 0 Å². The van der Waals surface area contributed by atoms with E-state index < -0.39 is 0 Å². The van der Waals surface area contributed by atoms with Crippen molar-refractivity contribution >= 4 is 45.1 Å². The molecule has 5 nitrogen and oxygen atoms in total. The molecule has 1 N–H and O–H groups in total. The van der Waals surface area contributed by atoms with Gasteiger partial charge in [0.25, 0.3) is 0 Å². The van der Waals surface area contributed by atoms with Gasteiger partial charge in [0, 0.05) is 7.05 Å². The number of anilines is 1. The molecule has 2 rings (SSSR count). The lowest BCUT2D eigenvalue weighted by Crippen LogP contribution is -2.05. The second-order valence-corrected chi connectivity index (χ2v) is 5.32. The highest BCUT2D eigenvalue weighted by atomic mass is 35.5. The Kier molecular flexibility index (Phi) is 4.21. The fourth-order valence-electron chi connectivity index (χ4n) is 1.66. The number of carbonyl (C=O) groups is 1. The maximum atomic E-state index is 11.9. The van der Waals surface area contributed by atoms with Crippen molar-refractivity contribution in [3.8, 4) is 0 Å². The van der Waals surface area contributed by atoms with Crippen LogP contribution in [0.25, 0.3) is 10.2 Å². The molecule has 0 aliphatic carbocycles. The van der Waals surface area contributed by atoms with Crippen LogP contribution in [0, 0.1) is 6.92 Å². The van der Waals surface area contributed by atoms with Crippen molar-refractivity contribution in [3.63, 3.8) is 0 Å². The van der Waals surface area contributed by atoms with Crippen LogP contribution in [0.5, 0.6) is 0 Å². The fourth-order valence-corrected chi connectivity index (χ4v) is 3.10. The highest BCUT2D eigenvalue weighted by Gasteiger charge is 2.20. The van der Waals surface area contributed by atoms with Gasteiger partial charge in [-0.3, -0.25) is 0 Å². The summed E-state index contributed by atoms with van der Waals surface area (Å²) in [6, 6.07) is 0. The zero-order chi connectivity index (χ0) is 14.0. The first-order chi connectivity index (χ1) is 9.08. The first-order valence-electron chi connectivity index (χ1n) is 5.90. The molecule has 0 spiro atoms. The lowest BCUT2D eigenvalue weighted by atomic mass is 10.2. The molecular formula is C12H14ClN3O2S. The molecule has 2 aromatic heterocycles. The molecule has 0 radical (unpaired) electrons. The molecule has 0 saturated heterocycles. The number of halogens is 1. The highest BCUT2D eigenvalue weighted by Crippen LogP contribution is 2.34. The molecule has 7 heteroatoms. The molecule has 0 amide bonds. The topological polar surface area (TPSA) is 64.1 Å². The van der Waals surface area contributed by atoms with E-state index in [0.717, 1.165) is 12.0 Å². The third kappa shape index (κ3) is 2.64. The monoisotopic (exact) mass is 299 g/mol. The zero-order valence-electron chi connectivity index (χ0n) is 10.9. The van der Waals surface area contributed by atoms with E-state index in [1.165, 1.54) is 11.3 Å². The maximum absolute atomic E-state index is 11.9. The largest absolute Gasteiger partial charge is 0.462 e. The lowest BCUT2D eigenvalue weighted by Gasteiger charge is -2.01. The third-order valence-electron chi connectivity index (χ3n) is 2.59. The minimum atomic E-state index is -0.329. The van der Waals surface area contributed by atoms with Crippen molar-refractivity contribution in [3.05, 3.63) is 15.6 Å². The Morgan fingerprint density at radius 1 is 1.47 bits per heavy atom. The Hall–Kier alpha value is -1.40. The number of hydrogen-bond donors (Lipinski definition) is 1. The predicted octanol–water partition coefficient (Wildman–Crippen LogP) is 3.26. The Morgan fingerprint density at radius 3 is 2.84 bits per heavy atom. The van der Waals surface area contributed by atoms with Crippen molar-refractivity contribution in [2.75, 3.05) is 19.0 Å². The summed E-state index contributed by atoms with van der Waals surface area (Å²) in [5, 5.41) is 3.90. The van der Waals surface area contributed by atoms with Gasteiger partial charge in [-0.1, -0.05) is 18.5 Å². The Labute approximate surface area is 120 Å². The van der Waals surface area contributed by atoms with Crippen LogP contribution in [0.1, 0.15) is 28.6 Å². The van der Waals surface area contributed by atoms with Crippen LogP contribution in [0.3, 0.4) is 0 Å². The Morgan fingerprint density at radius 2 is 2.21 bits per heavy atom. The van der Waals surface area contributed by atoms with Gasteiger partial charge in [0.1, 0.15) is 14.9 Å². The zero-order valence-corrected chi connectivity index (χ0v) is 12.5. The Balaban J connectivity index is 2.50. The number of nitrogens with zero attached hydrogens (tertiary/aromatic N) is 2. The lowest BCUT2D eigenvalue weighted by molar-refractivity contribution is 0.0510. The van der Waals surface area contributed by atoms with Crippen molar-refractivity contribution < 1.29 is 9.53 Å². The number of aryl methyl sites for hydroxylation is 1. The van der Waals surface area contributed by atoms with Gasteiger partial charge < -0.3 is 10.1 Å². The molecule has 2 heterocycles. The smallest absolute Gasteiger partial charge is 0.348 e. The van der Waals surface area contributed by atoms with E-state index in [-0.39, 0.29) is 5.97 Å². The van der Waals surface area contributed by atoms with Crippen LogP contribution in [-0.4, -0.2) is 29.6 Å². The van der Waals surface area contributed by atoms with E-state index in [0.29, 0.717) is 32.8 Å². The second kappa shape index (κ2) is 5.71. The van der Waals surface area contributed by atoms with Gasteiger partial charge in [0.15, 0.2) is 0 Å². The van der Waals surface area contributed by atoms with E-state index >= 15 is 0 Å². The van der Waals surface area contributed by atoms with Gasteiger partial charge in [-0.2, -0.15) is 0 Å². The van der Waals surface area contributed by atoms with Crippen LogP contribution in [0.15, 0.2) is 0 Å². The number of nitrogens with one attached hydrogen (secondary N) is 1. The minimum Gasteiger partial charge on any atom is -0.462 e. The highest BCUT2D eigenvalue weighted by molar-refractivity contribution is 7.20. The summed E-state index contributed by atoms with van der Waals surface area (Å²) >= 11 is 7.41. The molecule has 0 aliphatic rings. The van der Waals surface area contributed by atoms with Crippen molar-refractivity contribution in [1.29, 1.82) is 0 Å². The van der Waals surface area contributed by atoms with Crippen LogP contribution >= 0.6 is 22.9 Å². The van der Waals surface area contributed by atoms with E-state index in [2.05, 4.69) is 15.3 Å². The fraction of sp³-hybridized carbons (Fsp3) is 0.417. The number of carbonyl (C=O) groups excluding carboxylic acids is 1. The normalized spacial score (nSPS) is 10.7. The number of rotatable bonds is 4. The number of hydrogen-bond acceptors (Lipinski definition) is 6. The summed E-state index contributed by atoms with van der Waals surface area (Å²) in [6.07, 6.45) is 0.792. The first kappa shape index (κ1) is 14.0. The molecular weight excluding hydrogens is 286 g/mol. The molecule has 0 saturated carbocycles. The summed E-state index contributed by atoms with van der Waals surface area (Å²) in [6.45, 7) is 4.19. The van der Waals surface area contributed by atoms with Gasteiger partial charge in [-0.05, 0) is 18.9 Å². The first-order valence-corrected chi connectivity index (χ1v) is 7.09. The third-order valence-corrected chi connectivity index (χ3v) is 4.03. The minimum absolute atomic E-state index is 0.329.